The summed E-state index contributed by atoms with van der Waals surface area (Å²) in [4.78, 5) is 28.9. The van der Waals surface area contributed by atoms with Crippen molar-refractivity contribution in [3.8, 4) is 0 Å². The minimum atomic E-state index is -3.92. The number of halogens is 1. The first-order valence-electron chi connectivity index (χ1n) is 12.9. The second-order valence-corrected chi connectivity index (χ2v) is 12.5. The lowest BCUT2D eigenvalue weighted by atomic mass is 10.0. The molecule has 0 spiro atoms. The van der Waals surface area contributed by atoms with Gasteiger partial charge in [0.15, 0.2) is 0 Å². The summed E-state index contributed by atoms with van der Waals surface area (Å²) in [5.74, 6) is -0.555. The number of aryl methyl sites for hydroxylation is 1. The van der Waals surface area contributed by atoms with Gasteiger partial charge in [-0.2, -0.15) is 4.31 Å². The Labute approximate surface area is 236 Å². The van der Waals surface area contributed by atoms with Gasteiger partial charge in [0.1, 0.15) is 6.04 Å². The topological polar surface area (TPSA) is 86.8 Å². The Morgan fingerprint density at radius 1 is 0.897 bits per heavy atom. The van der Waals surface area contributed by atoms with E-state index in [0.29, 0.717) is 11.6 Å². The summed E-state index contributed by atoms with van der Waals surface area (Å²) >= 11 is 6.07. The third-order valence-electron chi connectivity index (χ3n) is 6.31. The van der Waals surface area contributed by atoms with Crippen LogP contribution < -0.4 is 5.32 Å². The summed E-state index contributed by atoms with van der Waals surface area (Å²) in [5, 5.41) is 3.51. The van der Waals surface area contributed by atoms with Gasteiger partial charge in [-0.1, -0.05) is 85.6 Å². The maximum atomic E-state index is 13.8. The second-order valence-electron chi connectivity index (χ2n) is 10.1. The molecule has 0 aromatic heterocycles. The zero-order valence-electron chi connectivity index (χ0n) is 22.8. The van der Waals surface area contributed by atoms with E-state index < -0.39 is 28.5 Å². The number of hydrogen-bond donors (Lipinski definition) is 1. The van der Waals surface area contributed by atoms with Gasteiger partial charge in [-0.3, -0.25) is 9.59 Å². The van der Waals surface area contributed by atoms with Gasteiger partial charge >= 0.3 is 0 Å². The highest BCUT2D eigenvalue weighted by Gasteiger charge is 2.33. The van der Waals surface area contributed by atoms with Gasteiger partial charge in [0.2, 0.25) is 21.8 Å². The molecule has 208 valence electrons. The van der Waals surface area contributed by atoms with Gasteiger partial charge in [-0.25, -0.2) is 8.42 Å². The summed E-state index contributed by atoms with van der Waals surface area (Å²) < 4.78 is 27.5. The van der Waals surface area contributed by atoms with Crippen molar-refractivity contribution in [3.63, 3.8) is 0 Å². The molecule has 0 fully saturated rings. The van der Waals surface area contributed by atoms with Crippen LogP contribution in [0.4, 0.5) is 0 Å². The van der Waals surface area contributed by atoms with Gasteiger partial charge in [0.05, 0.1) is 11.4 Å². The number of amides is 2. The number of carbonyl (C=O) groups is 2. The highest BCUT2D eigenvalue weighted by atomic mass is 35.5. The van der Waals surface area contributed by atoms with E-state index in [1.54, 1.807) is 36.4 Å². The molecule has 0 aliphatic heterocycles. The number of likely N-dealkylation sites (N-methyl/N-ethyl adjacent to an activating group) is 1. The average molecular weight is 570 g/mol. The van der Waals surface area contributed by atoms with Crippen molar-refractivity contribution in [1.82, 2.24) is 14.5 Å². The Morgan fingerprint density at radius 3 is 2.10 bits per heavy atom. The predicted molar refractivity (Wildman–Crippen MR) is 155 cm³/mol. The van der Waals surface area contributed by atoms with E-state index in [2.05, 4.69) is 5.32 Å². The Bertz CT molecular complexity index is 1350. The lowest BCUT2D eigenvalue weighted by molar-refractivity contribution is -0.141. The van der Waals surface area contributed by atoms with Crippen LogP contribution in [0.15, 0.2) is 83.8 Å². The van der Waals surface area contributed by atoms with Crippen LogP contribution in [-0.4, -0.2) is 55.6 Å². The molecule has 7 nitrogen and oxygen atoms in total. The molecule has 3 rings (SSSR count). The molecule has 1 N–H and O–H groups in total. The maximum Gasteiger partial charge on any atom is 0.243 e. The van der Waals surface area contributed by atoms with Crippen molar-refractivity contribution < 1.29 is 18.0 Å². The molecular formula is C30H36ClN3O4S. The van der Waals surface area contributed by atoms with Crippen LogP contribution in [0, 0.1) is 12.8 Å². The van der Waals surface area contributed by atoms with E-state index >= 15 is 0 Å². The van der Waals surface area contributed by atoms with Crippen molar-refractivity contribution in [2.24, 2.45) is 5.92 Å². The minimum Gasteiger partial charge on any atom is -0.354 e. The largest absolute Gasteiger partial charge is 0.354 e. The van der Waals surface area contributed by atoms with E-state index in [1.165, 1.54) is 24.1 Å². The number of benzene rings is 3. The number of hydrogen-bond acceptors (Lipinski definition) is 4. The maximum absolute atomic E-state index is 13.8. The highest BCUT2D eigenvalue weighted by molar-refractivity contribution is 7.89. The SMILES string of the molecule is Cc1ccc(S(=O)(=O)N(C)CC(=O)N(Cc2ccc(Cl)cc2)[C@H](Cc2ccccc2)C(=O)NCC(C)C)cc1. The Morgan fingerprint density at radius 2 is 1.51 bits per heavy atom. The van der Waals surface area contributed by atoms with Crippen LogP contribution in [0.3, 0.4) is 0 Å². The fourth-order valence-electron chi connectivity index (χ4n) is 4.02. The smallest absolute Gasteiger partial charge is 0.243 e. The summed E-state index contributed by atoms with van der Waals surface area (Å²) in [5.41, 5.74) is 2.58. The second kappa shape index (κ2) is 13.7. The van der Waals surface area contributed by atoms with Crippen molar-refractivity contribution in [2.75, 3.05) is 20.1 Å². The first-order chi connectivity index (χ1) is 18.5. The molecule has 9 heteroatoms. The standard InChI is InChI=1S/C30H36ClN3O4S/c1-22(2)19-32-30(36)28(18-24-8-6-5-7-9-24)34(20-25-12-14-26(31)15-13-25)29(35)21-33(4)39(37,38)27-16-10-23(3)11-17-27/h5-17,22,28H,18-21H2,1-4H3,(H,32,36)/t28-/m1/s1. The number of rotatable bonds is 12. The van der Waals surface area contributed by atoms with Gasteiger partial charge < -0.3 is 10.2 Å². The Balaban J connectivity index is 1.96. The Kier molecular flexibility index (Phi) is 10.7. The summed E-state index contributed by atoms with van der Waals surface area (Å²) in [7, 11) is -2.55. The zero-order valence-corrected chi connectivity index (χ0v) is 24.4. The summed E-state index contributed by atoms with van der Waals surface area (Å²) in [6.07, 6.45) is 0.276. The molecule has 0 heterocycles. The van der Waals surface area contributed by atoms with E-state index in [0.717, 1.165) is 21.0 Å². The van der Waals surface area contributed by atoms with Crippen LogP contribution >= 0.6 is 11.6 Å². The third kappa shape index (κ3) is 8.65. The van der Waals surface area contributed by atoms with Crippen molar-refractivity contribution in [3.05, 3.63) is 101 Å². The molecule has 0 bridgehead atoms. The van der Waals surface area contributed by atoms with Gasteiger partial charge in [-0.05, 0) is 48.2 Å². The van der Waals surface area contributed by atoms with Gasteiger partial charge in [0.25, 0.3) is 0 Å². The van der Waals surface area contributed by atoms with Gasteiger partial charge in [0, 0.05) is 31.6 Å². The minimum absolute atomic E-state index is 0.100. The van der Waals surface area contributed by atoms with Crippen LogP contribution in [0.25, 0.3) is 0 Å². The van der Waals surface area contributed by atoms with E-state index in [1.807, 2.05) is 51.1 Å². The van der Waals surface area contributed by atoms with Crippen molar-refractivity contribution >= 4 is 33.4 Å². The molecule has 39 heavy (non-hydrogen) atoms. The Hall–Kier alpha value is -3.20. The highest BCUT2D eigenvalue weighted by Crippen LogP contribution is 2.19. The molecule has 3 aromatic carbocycles. The lowest BCUT2D eigenvalue weighted by Gasteiger charge is -2.33. The quantitative estimate of drug-likeness (QED) is 0.343. The van der Waals surface area contributed by atoms with Crippen LogP contribution in [0.1, 0.15) is 30.5 Å². The molecule has 3 aromatic rings. The molecule has 0 aliphatic carbocycles. The number of sulfonamides is 1. The van der Waals surface area contributed by atoms with E-state index in [9.17, 15) is 18.0 Å². The van der Waals surface area contributed by atoms with Crippen LogP contribution in [0.2, 0.25) is 5.02 Å². The summed E-state index contributed by atoms with van der Waals surface area (Å²) in [6, 6.07) is 22.1. The average Bonchev–Trinajstić information content (AvgIpc) is 2.91. The molecule has 0 aliphatic rings. The van der Waals surface area contributed by atoms with E-state index in [4.69, 9.17) is 11.6 Å². The first-order valence-corrected chi connectivity index (χ1v) is 14.7. The fraction of sp³-hybridized carbons (Fsp3) is 0.333. The fourth-order valence-corrected chi connectivity index (χ4v) is 5.27. The molecule has 0 radical (unpaired) electrons. The first kappa shape index (κ1) is 30.3. The monoisotopic (exact) mass is 569 g/mol. The van der Waals surface area contributed by atoms with Gasteiger partial charge in [-0.15, -0.1) is 0 Å². The summed E-state index contributed by atoms with van der Waals surface area (Å²) in [6.45, 7) is 6.00. The number of nitrogens with one attached hydrogen (secondary N) is 1. The molecule has 0 unspecified atom stereocenters. The number of nitrogens with zero attached hydrogens (tertiary/aromatic N) is 2. The third-order valence-corrected chi connectivity index (χ3v) is 8.38. The van der Waals surface area contributed by atoms with E-state index in [-0.39, 0.29) is 29.7 Å². The van der Waals surface area contributed by atoms with Crippen LogP contribution in [-0.2, 0) is 32.6 Å². The van der Waals surface area contributed by atoms with Crippen LogP contribution in [0.5, 0.6) is 0 Å². The van der Waals surface area contributed by atoms with Crippen molar-refractivity contribution in [1.29, 1.82) is 0 Å². The lowest BCUT2D eigenvalue weighted by Crippen LogP contribution is -2.53. The normalized spacial score (nSPS) is 12.4. The predicted octanol–water partition coefficient (Wildman–Crippen LogP) is 4.68. The molecule has 1 atom stereocenters. The molecule has 0 saturated heterocycles. The number of carbonyl (C=O) groups excluding carboxylic acids is 2. The molecular weight excluding hydrogens is 534 g/mol. The molecule has 0 saturated carbocycles. The van der Waals surface area contributed by atoms with Crippen molar-refractivity contribution in [2.45, 2.75) is 44.7 Å². The zero-order chi connectivity index (χ0) is 28.6. The molecule has 2 amide bonds.